The lowest BCUT2D eigenvalue weighted by Crippen LogP contribution is -2.21. The molecule has 0 saturated carbocycles. The molecule has 2 rings (SSSR count). The van der Waals surface area contributed by atoms with Gasteiger partial charge >= 0.3 is 0 Å². The quantitative estimate of drug-likeness (QED) is 0.586. The summed E-state index contributed by atoms with van der Waals surface area (Å²) in [6.07, 6.45) is 2.97. The third kappa shape index (κ3) is 1.24. The van der Waals surface area contributed by atoms with E-state index in [1.807, 2.05) is 0 Å². The van der Waals surface area contributed by atoms with E-state index in [1.165, 1.54) is 6.08 Å². The number of amides is 2. The Hall–Kier alpha value is -1.91. The van der Waals surface area contributed by atoms with Crippen molar-refractivity contribution in [3.8, 4) is 0 Å². The van der Waals surface area contributed by atoms with E-state index in [0.717, 1.165) is 0 Å². The smallest absolute Gasteiger partial charge is 0.260 e. The van der Waals surface area contributed by atoms with Gasteiger partial charge in [-0.2, -0.15) is 5.10 Å². The molecule has 2 heterocycles. The van der Waals surface area contributed by atoms with Crippen LogP contribution in [0.15, 0.2) is 18.3 Å². The van der Waals surface area contributed by atoms with E-state index in [2.05, 4.69) is 10.4 Å². The van der Waals surface area contributed by atoms with Crippen LogP contribution in [-0.4, -0.2) is 21.6 Å². The number of aryl methyl sites for hydroxylation is 1. The van der Waals surface area contributed by atoms with Gasteiger partial charge in [-0.3, -0.25) is 19.6 Å². The average Bonchev–Trinajstić information content (AvgIpc) is 2.58. The number of hydrogen-bond acceptors (Lipinski definition) is 3. The van der Waals surface area contributed by atoms with Crippen molar-refractivity contribution in [1.82, 2.24) is 15.1 Å². The van der Waals surface area contributed by atoms with Crippen molar-refractivity contribution >= 4 is 17.4 Å². The first-order valence-corrected chi connectivity index (χ1v) is 3.74. The molecular formula is C8H7N3O2. The van der Waals surface area contributed by atoms with Gasteiger partial charge in [-0.1, -0.05) is 0 Å². The molecule has 0 radical (unpaired) electrons. The number of rotatable bonds is 1. The van der Waals surface area contributed by atoms with Crippen molar-refractivity contribution in [2.45, 2.75) is 0 Å². The number of carbonyl (C=O) groups is 2. The Balaban J connectivity index is 2.42. The van der Waals surface area contributed by atoms with Crippen molar-refractivity contribution in [1.29, 1.82) is 0 Å². The van der Waals surface area contributed by atoms with Crippen LogP contribution in [0.25, 0.3) is 5.57 Å². The molecule has 0 unspecified atom stereocenters. The molecule has 66 valence electrons. The van der Waals surface area contributed by atoms with Gasteiger partial charge in [0.2, 0.25) is 0 Å². The molecule has 1 N–H and O–H groups in total. The van der Waals surface area contributed by atoms with Gasteiger partial charge in [-0.05, 0) is 6.07 Å². The predicted molar refractivity (Wildman–Crippen MR) is 44.3 cm³/mol. The Kier molecular flexibility index (Phi) is 1.51. The molecule has 1 aliphatic heterocycles. The highest BCUT2D eigenvalue weighted by atomic mass is 16.2. The normalized spacial score (nSPS) is 15.9. The summed E-state index contributed by atoms with van der Waals surface area (Å²) in [5, 5.41) is 6.17. The molecule has 5 heteroatoms. The first-order valence-electron chi connectivity index (χ1n) is 3.74. The lowest BCUT2D eigenvalue weighted by atomic mass is 10.2. The molecule has 0 bridgehead atoms. The molecular weight excluding hydrogens is 170 g/mol. The number of carbonyl (C=O) groups excluding carboxylic acids is 2. The topological polar surface area (TPSA) is 64.0 Å². The molecule has 2 amide bonds. The number of aromatic nitrogens is 2. The highest BCUT2D eigenvalue weighted by Gasteiger charge is 2.23. The first kappa shape index (κ1) is 7.72. The zero-order valence-corrected chi connectivity index (χ0v) is 6.94. The summed E-state index contributed by atoms with van der Waals surface area (Å²) in [5.74, 6) is -0.769. The second-order valence-electron chi connectivity index (χ2n) is 2.75. The zero-order chi connectivity index (χ0) is 9.42. The monoisotopic (exact) mass is 177 g/mol. The largest absolute Gasteiger partial charge is 0.289 e. The standard InChI is InChI=1S/C8H7N3O2/c1-11-3-2-6(10-11)5-4-7(12)9-8(5)13/h2-4H,1H3,(H,9,12,13). The maximum absolute atomic E-state index is 11.1. The molecule has 5 nitrogen and oxygen atoms in total. The van der Waals surface area contributed by atoms with Crippen LogP contribution >= 0.6 is 0 Å². The van der Waals surface area contributed by atoms with Crippen LogP contribution in [0.5, 0.6) is 0 Å². The van der Waals surface area contributed by atoms with Crippen molar-refractivity contribution in [3.63, 3.8) is 0 Å². The van der Waals surface area contributed by atoms with Crippen LogP contribution in [0.1, 0.15) is 5.69 Å². The summed E-state index contributed by atoms with van der Waals surface area (Å²) in [6.45, 7) is 0. The predicted octanol–water partition coefficient (Wildman–Crippen LogP) is -0.540. The van der Waals surface area contributed by atoms with Gasteiger partial charge in [0.1, 0.15) is 0 Å². The Bertz CT molecular complexity index is 417. The van der Waals surface area contributed by atoms with Gasteiger partial charge in [0.25, 0.3) is 11.8 Å². The number of nitrogens with zero attached hydrogens (tertiary/aromatic N) is 2. The molecule has 0 atom stereocenters. The fourth-order valence-electron chi connectivity index (χ4n) is 1.16. The molecule has 0 aliphatic carbocycles. The van der Waals surface area contributed by atoms with E-state index < -0.39 is 0 Å². The lowest BCUT2D eigenvalue weighted by Gasteiger charge is -1.92. The van der Waals surface area contributed by atoms with E-state index in [9.17, 15) is 9.59 Å². The van der Waals surface area contributed by atoms with Gasteiger partial charge in [-0.15, -0.1) is 0 Å². The minimum Gasteiger partial charge on any atom is -0.289 e. The molecule has 0 aromatic carbocycles. The summed E-state index contributed by atoms with van der Waals surface area (Å²) in [7, 11) is 1.75. The number of imide groups is 1. The lowest BCUT2D eigenvalue weighted by molar-refractivity contribution is -0.123. The molecule has 0 fully saturated rings. The van der Waals surface area contributed by atoms with Gasteiger partial charge < -0.3 is 0 Å². The zero-order valence-electron chi connectivity index (χ0n) is 6.94. The summed E-state index contributed by atoms with van der Waals surface area (Å²) < 4.78 is 1.58. The molecule has 1 aromatic heterocycles. The van der Waals surface area contributed by atoms with Crippen LogP contribution < -0.4 is 5.32 Å². The van der Waals surface area contributed by atoms with Crippen molar-refractivity contribution in [2.24, 2.45) is 7.05 Å². The Labute approximate surface area is 74.0 Å². The summed E-state index contributed by atoms with van der Waals surface area (Å²) in [6, 6.07) is 1.68. The highest BCUT2D eigenvalue weighted by molar-refractivity contribution is 6.33. The van der Waals surface area contributed by atoms with E-state index >= 15 is 0 Å². The minimum absolute atomic E-state index is 0.325. The summed E-state index contributed by atoms with van der Waals surface area (Å²) in [5.41, 5.74) is 0.844. The van der Waals surface area contributed by atoms with Crippen LogP contribution in [-0.2, 0) is 16.6 Å². The molecule has 1 aromatic rings. The Morgan fingerprint density at radius 1 is 1.46 bits per heavy atom. The van der Waals surface area contributed by atoms with Crippen molar-refractivity contribution < 1.29 is 9.59 Å². The van der Waals surface area contributed by atoms with Crippen LogP contribution in [0, 0.1) is 0 Å². The van der Waals surface area contributed by atoms with Gasteiger partial charge in [0.05, 0.1) is 11.3 Å². The van der Waals surface area contributed by atoms with Crippen LogP contribution in [0.3, 0.4) is 0 Å². The third-order valence-corrected chi connectivity index (χ3v) is 1.75. The fraction of sp³-hybridized carbons (Fsp3) is 0.125. The molecule has 13 heavy (non-hydrogen) atoms. The molecule has 0 saturated heterocycles. The summed E-state index contributed by atoms with van der Waals surface area (Å²) >= 11 is 0. The second-order valence-corrected chi connectivity index (χ2v) is 2.75. The number of hydrogen-bond donors (Lipinski definition) is 1. The third-order valence-electron chi connectivity index (χ3n) is 1.75. The van der Waals surface area contributed by atoms with E-state index in [-0.39, 0.29) is 11.8 Å². The SMILES string of the molecule is Cn1ccc(C2=CC(=O)NC2=O)n1. The van der Waals surface area contributed by atoms with Crippen LogP contribution in [0.4, 0.5) is 0 Å². The molecule has 0 spiro atoms. The van der Waals surface area contributed by atoms with E-state index in [0.29, 0.717) is 11.3 Å². The summed E-state index contributed by atoms with van der Waals surface area (Å²) in [4.78, 5) is 21.9. The van der Waals surface area contributed by atoms with E-state index in [4.69, 9.17) is 0 Å². The van der Waals surface area contributed by atoms with Gasteiger partial charge in [0.15, 0.2) is 0 Å². The second kappa shape index (κ2) is 2.55. The van der Waals surface area contributed by atoms with Crippen LogP contribution in [0.2, 0.25) is 0 Å². The maximum Gasteiger partial charge on any atom is 0.260 e. The van der Waals surface area contributed by atoms with Crippen molar-refractivity contribution in [3.05, 3.63) is 24.0 Å². The first-order chi connectivity index (χ1) is 6.16. The van der Waals surface area contributed by atoms with Gasteiger partial charge in [-0.25, -0.2) is 0 Å². The highest BCUT2D eigenvalue weighted by Crippen LogP contribution is 2.14. The molecule has 1 aliphatic rings. The Morgan fingerprint density at radius 2 is 2.23 bits per heavy atom. The fourth-order valence-corrected chi connectivity index (χ4v) is 1.16. The maximum atomic E-state index is 11.1. The van der Waals surface area contributed by atoms with Gasteiger partial charge in [0, 0.05) is 19.3 Å². The number of nitrogens with one attached hydrogen (secondary N) is 1. The minimum atomic E-state index is -0.385. The van der Waals surface area contributed by atoms with E-state index in [1.54, 1.807) is 24.0 Å². The average molecular weight is 177 g/mol. The van der Waals surface area contributed by atoms with Crippen molar-refractivity contribution in [2.75, 3.05) is 0 Å². The Morgan fingerprint density at radius 3 is 2.69 bits per heavy atom.